The van der Waals surface area contributed by atoms with Crippen molar-refractivity contribution < 1.29 is 28.7 Å². The average Bonchev–Trinajstić information content (AvgIpc) is 2.94. The number of rotatable bonds is 7. The molecule has 216 valence electrons. The van der Waals surface area contributed by atoms with Gasteiger partial charge in [-0.05, 0) is 43.0 Å². The maximum absolute atomic E-state index is 13.4. The second-order valence-electron chi connectivity index (χ2n) is 10.3. The molecule has 0 fully saturated rings. The zero-order chi connectivity index (χ0) is 29.1. The molecule has 10 heteroatoms. The topological polar surface area (TPSA) is 117 Å². The number of nitrogens with zero attached hydrogens (tertiary/aromatic N) is 2. The van der Waals surface area contributed by atoms with Gasteiger partial charge in [-0.25, -0.2) is 0 Å². The summed E-state index contributed by atoms with van der Waals surface area (Å²) in [5.74, 6) is -0.201. The van der Waals surface area contributed by atoms with Gasteiger partial charge in [0.15, 0.2) is 0 Å². The van der Waals surface area contributed by atoms with E-state index in [2.05, 4.69) is 10.6 Å². The average molecular weight is 553 g/mol. The Morgan fingerprint density at radius 1 is 1.07 bits per heavy atom. The Labute approximate surface area is 236 Å². The minimum Gasteiger partial charge on any atom is -0.492 e. The molecular weight excluding hydrogens is 512 g/mol. The molecule has 2 aromatic carbocycles. The smallest absolute Gasteiger partial charge is 0.255 e. The van der Waals surface area contributed by atoms with Gasteiger partial charge < -0.3 is 29.9 Å². The first-order chi connectivity index (χ1) is 19.2. The second-order valence-corrected chi connectivity index (χ2v) is 10.3. The molecule has 1 aliphatic heterocycles. The Bertz CT molecular complexity index is 1160. The van der Waals surface area contributed by atoms with Crippen LogP contribution in [0.4, 0.5) is 0 Å². The molecular formula is C30H40N4O6. The van der Waals surface area contributed by atoms with Crippen molar-refractivity contribution in [2.45, 2.75) is 45.2 Å². The normalized spacial score (nSPS) is 18.9. The summed E-state index contributed by atoms with van der Waals surface area (Å²) in [4.78, 5) is 55.8. The third-order valence-corrected chi connectivity index (χ3v) is 6.61. The highest BCUT2D eigenvalue weighted by Crippen LogP contribution is 2.19. The van der Waals surface area contributed by atoms with E-state index in [1.165, 1.54) is 9.80 Å². The van der Waals surface area contributed by atoms with Gasteiger partial charge in [-0.2, -0.15) is 0 Å². The van der Waals surface area contributed by atoms with Crippen molar-refractivity contribution in [1.82, 2.24) is 20.4 Å². The molecule has 0 radical (unpaired) electrons. The van der Waals surface area contributed by atoms with Crippen LogP contribution in [0.15, 0.2) is 54.6 Å². The number of carbonyl (C=O) groups is 4. The lowest BCUT2D eigenvalue weighted by molar-refractivity contribution is -0.136. The van der Waals surface area contributed by atoms with E-state index in [1.807, 2.05) is 44.2 Å². The molecule has 3 rings (SSSR count). The van der Waals surface area contributed by atoms with E-state index >= 15 is 0 Å². The van der Waals surface area contributed by atoms with Gasteiger partial charge in [0, 0.05) is 20.5 Å². The van der Waals surface area contributed by atoms with Crippen LogP contribution in [0.1, 0.15) is 43.5 Å². The fourth-order valence-corrected chi connectivity index (χ4v) is 4.37. The Balaban J connectivity index is 1.79. The molecule has 0 bridgehead atoms. The lowest BCUT2D eigenvalue weighted by atomic mass is 10.0. The quantitative estimate of drug-likeness (QED) is 0.545. The Hall–Kier alpha value is -4.08. The first-order valence-corrected chi connectivity index (χ1v) is 13.7. The van der Waals surface area contributed by atoms with E-state index in [0.29, 0.717) is 17.9 Å². The number of ether oxygens (including phenoxy) is 2. The van der Waals surface area contributed by atoms with Gasteiger partial charge in [0.05, 0.1) is 18.7 Å². The van der Waals surface area contributed by atoms with Crippen LogP contribution < -0.4 is 20.1 Å². The van der Waals surface area contributed by atoms with E-state index in [1.54, 1.807) is 38.4 Å². The zero-order valence-electron chi connectivity index (χ0n) is 23.7. The van der Waals surface area contributed by atoms with Crippen LogP contribution in [0.3, 0.4) is 0 Å². The maximum atomic E-state index is 13.4. The third-order valence-electron chi connectivity index (χ3n) is 6.61. The number of nitrogens with one attached hydrogen (secondary N) is 2. The standard InChI is InChI=1S/C30H40N4O6/c1-21(2)20-25-30(38)34(4)17-19-40-26-13-9-8-12-23(26)28(36)32-24(14-15-27(35)31-25)29(37)33(3)16-18-39-22-10-6-5-7-11-22/h5-13,21,24-25H,14-20H2,1-4H3,(H,31,35)(H,32,36)/t24-,25+/m0/s1. The number of para-hydroxylation sites is 2. The molecule has 0 saturated heterocycles. The summed E-state index contributed by atoms with van der Waals surface area (Å²) < 4.78 is 11.6. The van der Waals surface area contributed by atoms with E-state index in [9.17, 15) is 19.2 Å². The molecule has 2 atom stereocenters. The molecule has 1 aliphatic rings. The lowest BCUT2D eigenvalue weighted by Crippen LogP contribution is -2.50. The van der Waals surface area contributed by atoms with E-state index < -0.39 is 18.0 Å². The van der Waals surface area contributed by atoms with Crippen molar-refractivity contribution >= 4 is 23.6 Å². The molecule has 0 saturated carbocycles. The van der Waals surface area contributed by atoms with Crippen molar-refractivity contribution in [3.05, 3.63) is 60.2 Å². The molecule has 2 N–H and O–H groups in total. The minimum atomic E-state index is -0.972. The number of benzene rings is 2. The number of amides is 4. The van der Waals surface area contributed by atoms with Gasteiger partial charge in [0.2, 0.25) is 17.7 Å². The SMILES string of the molecule is CC(C)C[C@H]1NC(=O)CC[C@@H](C(=O)N(C)CCOc2ccccc2)NC(=O)c2ccccc2OCCN(C)C1=O. The zero-order valence-corrected chi connectivity index (χ0v) is 23.7. The molecule has 10 nitrogen and oxygen atoms in total. The van der Waals surface area contributed by atoms with Gasteiger partial charge in [0.1, 0.15) is 36.8 Å². The van der Waals surface area contributed by atoms with Gasteiger partial charge in [-0.3, -0.25) is 19.2 Å². The van der Waals surface area contributed by atoms with Gasteiger partial charge in [-0.15, -0.1) is 0 Å². The predicted octanol–water partition coefficient (Wildman–Crippen LogP) is 2.48. The number of carbonyl (C=O) groups excluding carboxylic acids is 4. The summed E-state index contributed by atoms with van der Waals surface area (Å²) in [7, 11) is 3.29. The number of fused-ring (bicyclic) bond motifs is 1. The van der Waals surface area contributed by atoms with Crippen LogP contribution in [0.2, 0.25) is 0 Å². The summed E-state index contributed by atoms with van der Waals surface area (Å²) in [5.41, 5.74) is 0.265. The summed E-state index contributed by atoms with van der Waals surface area (Å²) in [5, 5.41) is 5.64. The lowest BCUT2D eigenvalue weighted by Gasteiger charge is -2.26. The Kier molecular flexibility index (Phi) is 11.4. The molecule has 0 unspecified atom stereocenters. The largest absolute Gasteiger partial charge is 0.492 e. The van der Waals surface area contributed by atoms with Crippen LogP contribution in [0, 0.1) is 5.92 Å². The van der Waals surface area contributed by atoms with Gasteiger partial charge >= 0.3 is 0 Å². The van der Waals surface area contributed by atoms with Crippen molar-refractivity contribution in [1.29, 1.82) is 0 Å². The van der Waals surface area contributed by atoms with E-state index in [-0.39, 0.29) is 68.3 Å². The Morgan fingerprint density at radius 2 is 1.77 bits per heavy atom. The fraction of sp³-hybridized carbons (Fsp3) is 0.467. The van der Waals surface area contributed by atoms with Crippen molar-refractivity contribution in [3.63, 3.8) is 0 Å². The van der Waals surface area contributed by atoms with Crippen LogP contribution in [0.25, 0.3) is 0 Å². The van der Waals surface area contributed by atoms with Crippen molar-refractivity contribution in [3.8, 4) is 11.5 Å². The first kappa shape index (κ1) is 30.5. The summed E-state index contributed by atoms with van der Waals surface area (Å²) in [6, 6.07) is 14.3. The molecule has 0 spiro atoms. The highest BCUT2D eigenvalue weighted by Gasteiger charge is 2.29. The number of hydrogen-bond acceptors (Lipinski definition) is 6. The summed E-state index contributed by atoms with van der Waals surface area (Å²) in [6.45, 7) is 4.94. The Morgan fingerprint density at radius 3 is 2.50 bits per heavy atom. The molecule has 0 aliphatic carbocycles. The molecule has 2 aromatic rings. The van der Waals surface area contributed by atoms with Gasteiger partial charge in [-0.1, -0.05) is 44.2 Å². The highest BCUT2D eigenvalue weighted by molar-refractivity contribution is 5.99. The van der Waals surface area contributed by atoms with E-state index in [4.69, 9.17) is 9.47 Å². The molecule has 40 heavy (non-hydrogen) atoms. The monoisotopic (exact) mass is 552 g/mol. The van der Waals surface area contributed by atoms with Crippen LogP contribution in [-0.4, -0.2) is 85.9 Å². The van der Waals surface area contributed by atoms with Crippen LogP contribution in [0.5, 0.6) is 11.5 Å². The van der Waals surface area contributed by atoms with Crippen LogP contribution in [-0.2, 0) is 14.4 Å². The fourth-order valence-electron chi connectivity index (χ4n) is 4.37. The summed E-state index contributed by atoms with van der Waals surface area (Å²) in [6.07, 6.45) is 0.484. The minimum absolute atomic E-state index is 0.0468. The van der Waals surface area contributed by atoms with Crippen molar-refractivity contribution in [2.75, 3.05) is 40.4 Å². The van der Waals surface area contributed by atoms with Gasteiger partial charge in [0.25, 0.3) is 5.91 Å². The maximum Gasteiger partial charge on any atom is 0.255 e. The van der Waals surface area contributed by atoms with E-state index in [0.717, 1.165) is 0 Å². The van der Waals surface area contributed by atoms with Crippen LogP contribution >= 0.6 is 0 Å². The second kappa shape index (κ2) is 14.9. The predicted molar refractivity (Wildman–Crippen MR) is 151 cm³/mol. The number of hydrogen-bond donors (Lipinski definition) is 2. The summed E-state index contributed by atoms with van der Waals surface area (Å²) >= 11 is 0. The van der Waals surface area contributed by atoms with Crippen molar-refractivity contribution in [2.24, 2.45) is 5.92 Å². The third kappa shape index (κ3) is 9.00. The highest BCUT2D eigenvalue weighted by atomic mass is 16.5. The first-order valence-electron chi connectivity index (χ1n) is 13.7. The molecule has 4 amide bonds. The number of likely N-dealkylation sites (N-methyl/N-ethyl adjacent to an activating group) is 2. The molecule has 1 heterocycles. The molecule has 0 aromatic heterocycles.